The van der Waals surface area contributed by atoms with E-state index >= 15 is 0 Å². The van der Waals surface area contributed by atoms with Gasteiger partial charge in [0.15, 0.2) is 0 Å². The highest BCUT2D eigenvalue weighted by Gasteiger charge is 2.23. The largest absolute Gasteiger partial charge is 0.0776 e. The average Bonchev–Trinajstić information content (AvgIpc) is 2.39. The summed E-state index contributed by atoms with van der Waals surface area (Å²) in [7, 11) is 0. The zero-order valence-electron chi connectivity index (χ0n) is 17.5. The molecule has 0 amide bonds. The Kier molecular flexibility index (Phi) is 41.2. The molecule has 0 aromatic carbocycles. The molecule has 0 N–H and O–H groups in total. The van der Waals surface area contributed by atoms with Crippen molar-refractivity contribution in [3.8, 4) is 0 Å². The normalized spacial score (nSPS) is 17.5. The van der Waals surface area contributed by atoms with Crippen LogP contribution in [0.25, 0.3) is 0 Å². The van der Waals surface area contributed by atoms with E-state index in [0.717, 1.165) is 17.8 Å². The lowest BCUT2D eigenvalue weighted by molar-refractivity contribution is 0.190. The third-order valence-electron chi connectivity index (χ3n) is 4.20. The molecule has 1 aliphatic rings. The number of hydrogen-bond donors (Lipinski definition) is 0. The van der Waals surface area contributed by atoms with Crippen LogP contribution in [0.1, 0.15) is 137 Å². The summed E-state index contributed by atoms with van der Waals surface area (Å²) in [6.07, 6.45) is 8.21. The van der Waals surface area contributed by atoms with Gasteiger partial charge in [-0.15, -0.1) is 0 Å². The summed E-state index contributed by atoms with van der Waals surface area (Å²) < 4.78 is 0. The van der Waals surface area contributed by atoms with Gasteiger partial charge in [-0.3, -0.25) is 0 Å². The summed E-state index contributed by atoms with van der Waals surface area (Å²) in [5.41, 5.74) is 0.542. The van der Waals surface area contributed by atoms with E-state index < -0.39 is 0 Å². The predicted molar refractivity (Wildman–Crippen MR) is 123 cm³/mol. The van der Waals surface area contributed by atoms with Crippen molar-refractivity contribution in [1.82, 2.24) is 0 Å². The Morgan fingerprint density at radius 3 is 1.12 bits per heavy atom. The highest BCUT2D eigenvalue weighted by molar-refractivity contribution is 4.75. The van der Waals surface area contributed by atoms with Crippen LogP contribution in [0.2, 0.25) is 0 Å². The van der Waals surface area contributed by atoms with Gasteiger partial charge in [0.25, 0.3) is 0 Å². The second-order valence-corrected chi connectivity index (χ2v) is 8.15. The van der Waals surface area contributed by atoms with E-state index in [0.29, 0.717) is 5.41 Å². The van der Waals surface area contributed by atoms with Gasteiger partial charge >= 0.3 is 0 Å². The van der Waals surface area contributed by atoms with Crippen molar-refractivity contribution >= 4 is 0 Å². The molecule has 1 fully saturated rings. The van der Waals surface area contributed by atoms with Crippen LogP contribution in [0.4, 0.5) is 0 Å². The molecule has 0 aliphatic heterocycles. The molecule has 1 rings (SSSR count). The number of rotatable bonds is 2. The van der Waals surface area contributed by atoms with E-state index in [9.17, 15) is 0 Å². The molecule has 2 atom stereocenters. The summed E-state index contributed by atoms with van der Waals surface area (Å²) in [6.45, 7) is 24.5. The molecule has 0 aromatic heterocycles. The minimum Gasteiger partial charge on any atom is -0.0776 e. The van der Waals surface area contributed by atoms with E-state index in [1.807, 2.05) is 0 Å². The van der Waals surface area contributed by atoms with Gasteiger partial charge in [-0.2, -0.15) is 0 Å². The summed E-state index contributed by atoms with van der Waals surface area (Å²) in [5, 5.41) is 0. The first-order valence-electron chi connectivity index (χ1n) is 9.59. The van der Waals surface area contributed by atoms with Crippen LogP contribution < -0.4 is 0 Å². The standard InChI is InChI=1S/C7H14.C6H14.C5H12.C3H8.3CH4/c1-3-7-5-4-6(7)2;1-5-6(2,3)4;1-4-5(2)3;1-3-2;;;/h6-7H,3-5H2,1-2H3;5H2,1-4H3;5H,4H2,1-3H3;3H2,1-2H3;3*1H4. The van der Waals surface area contributed by atoms with E-state index in [1.165, 1.54) is 38.5 Å². The molecule has 0 spiro atoms. The van der Waals surface area contributed by atoms with Crippen LogP contribution in [0, 0.1) is 23.2 Å². The smallest absolute Gasteiger partial charge is 0.0385 e. The molecular weight excluding hydrogens is 288 g/mol. The van der Waals surface area contributed by atoms with Crippen molar-refractivity contribution in [2.24, 2.45) is 23.2 Å². The molecule has 0 aromatic rings. The second kappa shape index (κ2) is 25.2. The Balaban J connectivity index is -0.0000000448. The van der Waals surface area contributed by atoms with Gasteiger partial charge in [-0.25, -0.2) is 0 Å². The van der Waals surface area contributed by atoms with Crippen molar-refractivity contribution in [3.05, 3.63) is 0 Å². The first-order valence-corrected chi connectivity index (χ1v) is 9.59. The van der Waals surface area contributed by atoms with Crippen LogP contribution in [0.3, 0.4) is 0 Å². The summed E-state index contributed by atoms with van der Waals surface area (Å²) in [5.74, 6) is 3.01. The number of hydrogen-bond acceptors (Lipinski definition) is 0. The fourth-order valence-electron chi connectivity index (χ4n) is 1.34. The third-order valence-corrected chi connectivity index (χ3v) is 4.20. The summed E-state index contributed by atoms with van der Waals surface area (Å²) in [4.78, 5) is 0. The highest BCUT2D eigenvalue weighted by atomic mass is 14.3. The zero-order chi connectivity index (χ0) is 17.5. The van der Waals surface area contributed by atoms with Crippen molar-refractivity contribution in [1.29, 1.82) is 0 Å². The zero-order valence-corrected chi connectivity index (χ0v) is 17.5. The molecule has 0 heteroatoms. The Morgan fingerprint density at radius 1 is 0.833 bits per heavy atom. The van der Waals surface area contributed by atoms with Crippen LogP contribution in [0.5, 0.6) is 0 Å². The Morgan fingerprint density at radius 2 is 1.12 bits per heavy atom. The predicted octanol–water partition coefficient (Wildman–Crippen LogP) is 10.3. The lowest BCUT2D eigenvalue weighted by atomic mass is 9.74. The minimum absolute atomic E-state index is 0. The van der Waals surface area contributed by atoms with Gasteiger partial charge in [0.1, 0.15) is 0 Å². The van der Waals surface area contributed by atoms with Crippen LogP contribution >= 0.6 is 0 Å². The van der Waals surface area contributed by atoms with E-state index in [-0.39, 0.29) is 22.3 Å². The van der Waals surface area contributed by atoms with Crippen molar-refractivity contribution in [2.75, 3.05) is 0 Å². The molecule has 156 valence electrons. The lowest BCUT2D eigenvalue weighted by Crippen LogP contribution is -2.21. The topological polar surface area (TPSA) is 0 Å². The third kappa shape index (κ3) is 37.9. The monoisotopic (exact) mass is 348 g/mol. The summed E-state index contributed by atoms with van der Waals surface area (Å²) in [6, 6.07) is 0. The molecule has 24 heavy (non-hydrogen) atoms. The summed E-state index contributed by atoms with van der Waals surface area (Å²) >= 11 is 0. The van der Waals surface area contributed by atoms with Crippen LogP contribution in [-0.4, -0.2) is 0 Å². The van der Waals surface area contributed by atoms with E-state index in [4.69, 9.17) is 0 Å². The molecule has 0 saturated heterocycles. The molecular formula is C24H60. The molecule has 0 nitrogen and oxygen atoms in total. The minimum atomic E-state index is 0. The van der Waals surface area contributed by atoms with Crippen LogP contribution in [-0.2, 0) is 0 Å². The Hall–Kier alpha value is 0. The first kappa shape index (κ1) is 39.2. The molecule has 1 saturated carbocycles. The van der Waals surface area contributed by atoms with Gasteiger partial charge in [0, 0.05) is 0 Å². The van der Waals surface area contributed by atoms with Crippen molar-refractivity contribution < 1.29 is 0 Å². The Bertz CT molecular complexity index is 171. The second-order valence-electron chi connectivity index (χ2n) is 8.15. The lowest BCUT2D eigenvalue weighted by Gasteiger charge is -2.32. The van der Waals surface area contributed by atoms with Gasteiger partial charge in [0.2, 0.25) is 0 Å². The molecule has 2 unspecified atom stereocenters. The highest BCUT2D eigenvalue weighted by Crippen LogP contribution is 2.35. The maximum Gasteiger partial charge on any atom is -0.0385 e. The van der Waals surface area contributed by atoms with Gasteiger partial charge in [-0.05, 0) is 29.6 Å². The van der Waals surface area contributed by atoms with E-state index in [2.05, 4.69) is 76.2 Å². The van der Waals surface area contributed by atoms with Crippen molar-refractivity contribution in [2.45, 2.75) is 137 Å². The molecule has 0 heterocycles. The Labute approximate surface area is 160 Å². The molecule has 0 bridgehead atoms. The fraction of sp³-hybridized carbons (Fsp3) is 1.00. The van der Waals surface area contributed by atoms with Crippen LogP contribution in [0.15, 0.2) is 0 Å². The van der Waals surface area contributed by atoms with E-state index in [1.54, 1.807) is 0 Å². The van der Waals surface area contributed by atoms with Crippen molar-refractivity contribution in [3.63, 3.8) is 0 Å². The fourth-order valence-corrected chi connectivity index (χ4v) is 1.34. The van der Waals surface area contributed by atoms with Gasteiger partial charge in [0.05, 0.1) is 0 Å². The first-order chi connectivity index (χ1) is 9.59. The SMILES string of the molecule is C.C.C.CCC.CCC(C)(C)C.CCC(C)C.CCC1CCC1C. The maximum absolute atomic E-state index is 2.36. The molecule has 1 aliphatic carbocycles. The van der Waals surface area contributed by atoms with Gasteiger partial charge < -0.3 is 0 Å². The molecule has 0 radical (unpaired) electrons. The average molecular weight is 349 g/mol. The quantitative estimate of drug-likeness (QED) is 0.465. The maximum atomic E-state index is 2.36. The van der Waals surface area contributed by atoms with Gasteiger partial charge in [-0.1, -0.05) is 131 Å².